The van der Waals surface area contributed by atoms with Gasteiger partial charge in [0.05, 0.1) is 5.92 Å². The molecule has 3 heteroatoms. The number of unbranched alkanes of at least 4 members (excludes halogenated alkanes) is 1. The standard InChI is InChI=1S/C18H20O2S/c1-2-3-10-16(19)15(18-11-7-12-21-18)13-17(20)14-8-5-4-6-9-14/h4-9,11-12,15H,2-3,10,13H2,1H3. The van der Waals surface area contributed by atoms with Crippen molar-refractivity contribution in [3.63, 3.8) is 0 Å². The van der Waals surface area contributed by atoms with Gasteiger partial charge in [-0.2, -0.15) is 0 Å². The Bertz CT molecular complexity index is 573. The number of ketones is 2. The molecule has 1 aromatic heterocycles. The summed E-state index contributed by atoms with van der Waals surface area (Å²) in [5.41, 5.74) is 0.683. The van der Waals surface area contributed by atoms with E-state index in [0.29, 0.717) is 12.0 Å². The summed E-state index contributed by atoms with van der Waals surface area (Å²) in [7, 11) is 0. The van der Waals surface area contributed by atoms with Crippen LogP contribution in [-0.2, 0) is 4.79 Å². The Hall–Kier alpha value is -1.74. The van der Waals surface area contributed by atoms with Gasteiger partial charge >= 0.3 is 0 Å². The molecule has 0 aliphatic rings. The van der Waals surface area contributed by atoms with Gasteiger partial charge in [0.15, 0.2) is 5.78 Å². The van der Waals surface area contributed by atoms with Crippen molar-refractivity contribution in [2.24, 2.45) is 0 Å². The van der Waals surface area contributed by atoms with Crippen LogP contribution in [0.3, 0.4) is 0 Å². The zero-order valence-electron chi connectivity index (χ0n) is 12.2. The van der Waals surface area contributed by atoms with Crippen molar-refractivity contribution in [2.45, 2.75) is 38.5 Å². The third-order valence-electron chi connectivity index (χ3n) is 3.54. The van der Waals surface area contributed by atoms with E-state index in [4.69, 9.17) is 0 Å². The molecule has 0 fully saturated rings. The van der Waals surface area contributed by atoms with Crippen molar-refractivity contribution in [1.29, 1.82) is 0 Å². The summed E-state index contributed by atoms with van der Waals surface area (Å²) >= 11 is 1.56. The number of hydrogen-bond donors (Lipinski definition) is 0. The van der Waals surface area contributed by atoms with E-state index < -0.39 is 0 Å². The molecule has 21 heavy (non-hydrogen) atoms. The highest BCUT2D eigenvalue weighted by Crippen LogP contribution is 2.28. The van der Waals surface area contributed by atoms with Crippen molar-refractivity contribution in [3.8, 4) is 0 Å². The van der Waals surface area contributed by atoms with Crippen LogP contribution in [0.25, 0.3) is 0 Å². The number of Topliss-reactive ketones (excluding diaryl/α,β-unsaturated/α-hetero) is 2. The molecule has 1 aromatic carbocycles. The molecule has 0 bridgehead atoms. The Kier molecular flexibility index (Phi) is 5.88. The number of carbonyl (C=O) groups is 2. The number of benzene rings is 1. The lowest BCUT2D eigenvalue weighted by atomic mass is 9.91. The van der Waals surface area contributed by atoms with Crippen LogP contribution in [0.15, 0.2) is 47.8 Å². The van der Waals surface area contributed by atoms with Crippen LogP contribution < -0.4 is 0 Å². The lowest BCUT2D eigenvalue weighted by molar-refractivity contribution is -0.120. The van der Waals surface area contributed by atoms with Crippen molar-refractivity contribution in [1.82, 2.24) is 0 Å². The second-order valence-electron chi connectivity index (χ2n) is 5.13. The van der Waals surface area contributed by atoms with Crippen LogP contribution in [0.4, 0.5) is 0 Å². The third-order valence-corrected chi connectivity index (χ3v) is 4.52. The van der Waals surface area contributed by atoms with E-state index in [1.54, 1.807) is 11.3 Å². The molecule has 110 valence electrons. The predicted molar refractivity (Wildman–Crippen MR) is 87.0 cm³/mol. The van der Waals surface area contributed by atoms with E-state index in [1.807, 2.05) is 47.8 Å². The molecule has 2 nitrogen and oxygen atoms in total. The number of rotatable bonds is 8. The van der Waals surface area contributed by atoms with Gasteiger partial charge in [0, 0.05) is 23.3 Å². The fraction of sp³-hybridized carbons (Fsp3) is 0.333. The molecule has 0 aliphatic heterocycles. The molecule has 0 spiro atoms. The van der Waals surface area contributed by atoms with Gasteiger partial charge in [0.1, 0.15) is 5.78 Å². The minimum atomic E-state index is -0.288. The van der Waals surface area contributed by atoms with Gasteiger partial charge in [-0.05, 0) is 17.9 Å². The van der Waals surface area contributed by atoms with Crippen LogP contribution in [0, 0.1) is 0 Å². The maximum atomic E-state index is 12.4. The Labute approximate surface area is 129 Å². The second kappa shape index (κ2) is 7.89. The van der Waals surface area contributed by atoms with Crippen molar-refractivity contribution < 1.29 is 9.59 Å². The second-order valence-corrected chi connectivity index (χ2v) is 6.11. The maximum absolute atomic E-state index is 12.4. The van der Waals surface area contributed by atoms with E-state index in [0.717, 1.165) is 17.7 Å². The predicted octanol–water partition coefficient (Wildman–Crippen LogP) is 4.86. The first-order valence-corrected chi connectivity index (χ1v) is 8.24. The minimum Gasteiger partial charge on any atom is -0.299 e. The fourth-order valence-electron chi connectivity index (χ4n) is 2.32. The molecule has 1 heterocycles. The molecule has 1 unspecified atom stereocenters. The summed E-state index contributed by atoms with van der Waals surface area (Å²) in [4.78, 5) is 25.8. The lowest BCUT2D eigenvalue weighted by Crippen LogP contribution is -2.16. The molecule has 0 radical (unpaired) electrons. The summed E-state index contributed by atoms with van der Waals surface area (Å²) in [5, 5.41) is 1.96. The van der Waals surface area contributed by atoms with E-state index in [9.17, 15) is 9.59 Å². The summed E-state index contributed by atoms with van der Waals surface area (Å²) in [5.74, 6) is -0.0633. The zero-order chi connectivity index (χ0) is 15.1. The van der Waals surface area contributed by atoms with Crippen molar-refractivity contribution in [3.05, 3.63) is 58.3 Å². The zero-order valence-corrected chi connectivity index (χ0v) is 13.1. The first-order valence-electron chi connectivity index (χ1n) is 7.36. The Balaban J connectivity index is 2.13. The van der Waals surface area contributed by atoms with E-state index in [2.05, 4.69) is 6.92 Å². The third kappa shape index (κ3) is 4.36. The molecule has 0 saturated heterocycles. The van der Waals surface area contributed by atoms with Crippen molar-refractivity contribution in [2.75, 3.05) is 0 Å². The number of hydrogen-bond acceptors (Lipinski definition) is 3. The highest BCUT2D eigenvalue weighted by atomic mass is 32.1. The summed E-state index contributed by atoms with van der Waals surface area (Å²) in [6.07, 6.45) is 2.71. The average Bonchev–Trinajstić information content (AvgIpc) is 3.05. The quantitative estimate of drug-likeness (QED) is 0.652. The molecular formula is C18H20O2S. The van der Waals surface area contributed by atoms with E-state index >= 15 is 0 Å². The minimum absolute atomic E-state index is 0.0406. The van der Waals surface area contributed by atoms with Gasteiger partial charge in [0.2, 0.25) is 0 Å². The largest absolute Gasteiger partial charge is 0.299 e. The van der Waals surface area contributed by atoms with Gasteiger partial charge in [-0.1, -0.05) is 49.7 Å². The number of carbonyl (C=O) groups excluding carboxylic acids is 2. The molecule has 0 amide bonds. The Morgan fingerprint density at radius 2 is 1.86 bits per heavy atom. The average molecular weight is 300 g/mol. The molecule has 0 aliphatic carbocycles. The van der Waals surface area contributed by atoms with Gasteiger partial charge in [0.25, 0.3) is 0 Å². The van der Waals surface area contributed by atoms with Crippen LogP contribution in [0.5, 0.6) is 0 Å². The molecule has 2 aromatic rings. The smallest absolute Gasteiger partial charge is 0.163 e. The monoisotopic (exact) mass is 300 g/mol. The molecule has 2 rings (SSSR count). The first kappa shape index (κ1) is 15.6. The van der Waals surface area contributed by atoms with Crippen LogP contribution in [0.2, 0.25) is 0 Å². The summed E-state index contributed by atoms with van der Waals surface area (Å²) in [6.45, 7) is 2.07. The normalized spacial score (nSPS) is 12.0. The molecule has 0 saturated carbocycles. The lowest BCUT2D eigenvalue weighted by Gasteiger charge is -2.13. The summed E-state index contributed by atoms with van der Waals surface area (Å²) < 4.78 is 0. The van der Waals surface area contributed by atoms with Crippen LogP contribution >= 0.6 is 11.3 Å². The van der Waals surface area contributed by atoms with Gasteiger partial charge < -0.3 is 0 Å². The fourth-order valence-corrected chi connectivity index (χ4v) is 3.17. The van der Waals surface area contributed by atoms with Crippen LogP contribution in [0.1, 0.15) is 53.8 Å². The Morgan fingerprint density at radius 1 is 1.10 bits per heavy atom. The van der Waals surface area contributed by atoms with Crippen LogP contribution in [-0.4, -0.2) is 11.6 Å². The molecular weight excluding hydrogens is 280 g/mol. The highest BCUT2D eigenvalue weighted by molar-refractivity contribution is 7.10. The number of thiophene rings is 1. The van der Waals surface area contributed by atoms with E-state index in [-0.39, 0.29) is 23.9 Å². The van der Waals surface area contributed by atoms with E-state index in [1.165, 1.54) is 0 Å². The maximum Gasteiger partial charge on any atom is 0.163 e. The molecule has 1 atom stereocenters. The van der Waals surface area contributed by atoms with Gasteiger partial charge in [-0.25, -0.2) is 0 Å². The van der Waals surface area contributed by atoms with Gasteiger partial charge in [-0.15, -0.1) is 11.3 Å². The first-order chi connectivity index (χ1) is 10.2. The van der Waals surface area contributed by atoms with Crippen molar-refractivity contribution >= 4 is 22.9 Å². The summed E-state index contributed by atoms with van der Waals surface area (Å²) in [6, 6.07) is 13.1. The molecule has 0 N–H and O–H groups in total. The topological polar surface area (TPSA) is 34.1 Å². The van der Waals surface area contributed by atoms with Gasteiger partial charge in [-0.3, -0.25) is 9.59 Å². The Morgan fingerprint density at radius 3 is 2.48 bits per heavy atom. The SMILES string of the molecule is CCCCC(=O)C(CC(=O)c1ccccc1)c1cccs1. The highest BCUT2D eigenvalue weighted by Gasteiger charge is 2.24.